The number of aryl methyl sites for hydroxylation is 1. The summed E-state index contributed by atoms with van der Waals surface area (Å²) in [6.07, 6.45) is 13.4. The zero-order valence-corrected chi connectivity index (χ0v) is 27.9. The Morgan fingerprint density at radius 3 is 2.38 bits per heavy atom. The number of aromatic nitrogens is 2. The molecule has 3 saturated carbocycles. The molecule has 2 N–H and O–H groups in total. The largest absolute Gasteiger partial charge is 0.496 e. The number of methoxy groups -OCH3 is 1. The number of likely N-dealkylation sites (tertiary alicyclic amines) is 1. The second-order valence-electron chi connectivity index (χ2n) is 14.4. The van der Waals surface area contributed by atoms with Gasteiger partial charge in [0.1, 0.15) is 11.9 Å². The fourth-order valence-corrected chi connectivity index (χ4v) is 7.82. The summed E-state index contributed by atoms with van der Waals surface area (Å²) in [4.78, 5) is 30.6. The van der Waals surface area contributed by atoms with E-state index in [1.807, 2.05) is 6.20 Å². The van der Waals surface area contributed by atoms with Crippen LogP contribution < -0.4 is 15.4 Å². The minimum Gasteiger partial charge on any atom is -0.496 e. The maximum Gasteiger partial charge on any atom is 0.410 e. The fourth-order valence-electron chi connectivity index (χ4n) is 7.82. The summed E-state index contributed by atoms with van der Waals surface area (Å²) in [5.74, 6) is 2.03. The van der Waals surface area contributed by atoms with E-state index < -0.39 is 0 Å². The van der Waals surface area contributed by atoms with Gasteiger partial charge in [0, 0.05) is 49.0 Å². The quantitative estimate of drug-likeness (QED) is 0.275. The summed E-state index contributed by atoms with van der Waals surface area (Å²) in [6.45, 7) is 3.96. The lowest BCUT2D eigenvalue weighted by atomic mass is 9.78. The average molecular weight is 640 g/mol. The van der Waals surface area contributed by atoms with Crippen molar-refractivity contribution in [2.45, 2.75) is 95.2 Å². The van der Waals surface area contributed by atoms with E-state index in [0.717, 1.165) is 67.6 Å². The summed E-state index contributed by atoms with van der Waals surface area (Å²) in [5, 5.41) is 4.61. The molecule has 0 unspecified atom stereocenters. The first-order valence-corrected chi connectivity index (χ1v) is 17.7. The minimum absolute atomic E-state index is 0.0523. The second kappa shape index (κ2) is 13.7. The number of amides is 2. The van der Waals surface area contributed by atoms with Crippen LogP contribution in [0.1, 0.15) is 87.3 Å². The molecular weight excluding hydrogens is 590 g/mol. The van der Waals surface area contributed by atoms with Crippen LogP contribution in [0.4, 0.5) is 10.5 Å². The molecule has 9 heteroatoms. The fraction of sp³-hybridized carbons (Fsp3) is 0.553. The number of hydrogen-bond acceptors (Lipinski definition) is 6. The predicted molar refractivity (Wildman–Crippen MR) is 182 cm³/mol. The van der Waals surface area contributed by atoms with Crippen LogP contribution in [0.2, 0.25) is 0 Å². The standard InChI is InChI=1S/C38H49N5O4/c1-25-18-30(12-17-36(25)46-2)27-8-6-26(7-9-27)21-42(34-5-3-4-29(19-34)31-20-40-43(22-31)33-13-14-33)37(44)28-10-15-35(16-11-28)47-38(45)41-23-32(39)24-41/h3-5,12,17-20,22,26-28,32-33,35H,6-11,13-16,21,23-24,39H2,1-2H3. The zero-order chi connectivity index (χ0) is 32.5. The van der Waals surface area contributed by atoms with Gasteiger partial charge in [-0.1, -0.05) is 24.3 Å². The Morgan fingerprint density at radius 1 is 0.936 bits per heavy atom. The van der Waals surface area contributed by atoms with Crippen molar-refractivity contribution in [3.63, 3.8) is 0 Å². The van der Waals surface area contributed by atoms with Crippen LogP contribution in [0.25, 0.3) is 11.1 Å². The molecule has 2 aromatic carbocycles. The van der Waals surface area contributed by atoms with E-state index >= 15 is 0 Å². The lowest BCUT2D eigenvalue weighted by Crippen LogP contribution is -2.58. The van der Waals surface area contributed by atoms with Crippen LogP contribution in [-0.2, 0) is 9.53 Å². The van der Waals surface area contributed by atoms with E-state index in [1.54, 1.807) is 12.0 Å². The van der Waals surface area contributed by atoms with Crippen LogP contribution in [0.3, 0.4) is 0 Å². The second-order valence-corrected chi connectivity index (χ2v) is 14.4. The lowest BCUT2D eigenvalue weighted by Gasteiger charge is -2.38. The highest BCUT2D eigenvalue weighted by Gasteiger charge is 2.36. The molecule has 9 nitrogen and oxygen atoms in total. The van der Waals surface area contributed by atoms with Crippen molar-refractivity contribution in [1.29, 1.82) is 0 Å². The Bertz CT molecular complexity index is 1560. The van der Waals surface area contributed by atoms with Gasteiger partial charge in [-0.3, -0.25) is 9.48 Å². The third-order valence-corrected chi connectivity index (χ3v) is 10.9. The van der Waals surface area contributed by atoms with E-state index in [1.165, 1.54) is 24.0 Å². The molecule has 250 valence electrons. The van der Waals surface area contributed by atoms with Crippen molar-refractivity contribution in [2.75, 3.05) is 31.6 Å². The van der Waals surface area contributed by atoms with E-state index in [9.17, 15) is 9.59 Å². The summed E-state index contributed by atoms with van der Waals surface area (Å²) in [5.41, 5.74) is 11.6. The number of carbonyl (C=O) groups is 2. The van der Waals surface area contributed by atoms with Crippen molar-refractivity contribution in [3.05, 3.63) is 66.0 Å². The molecule has 4 aliphatic rings. The maximum absolute atomic E-state index is 14.4. The molecule has 2 heterocycles. The number of hydrogen-bond donors (Lipinski definition) is 1. The summed E-state index contributed by atoms with van der Waals surface area (Å²) < 4.78 is 13.3. The number of nitrogens with zero attached hydrogens (tertiary/aromatic N) is 4. The monoisotopic (exact) mass is 639 g/mol. The summed E-state index contributed by atoms with van der Waals surface area (Å²) >= 11 is 0. The molecule has 1 aliphatic heterocycles. The molecule has 3 aliphatic carbocycles. The van der Waals surface area contributed by atoms with Gasteiger partial charge >= 0.3 is 6.09 Å². The number of ether oxygens (including phenoxy) is 2. The van der Waals surface area contributed by atoms with Crippen LogP contribution >= 0.6 is 0 Å². The maximum atomic E-state index is 14.4. The first kappa shape index (κ1) is 31.7. The summed E-state index contributed by atoms with van der Waals surface area (Å²) in [6, 6.07) is 15.6. The molecule has 1 saturated heterocycles. The van der Waals surface area contributed by atoms with Gasteiger partial charge < -0.3 is 25.0 Å². The van der Waals surface area contributed by atoms with Crippen molar-refractivity contribution in [3.8, 4) is 16.9 Å². The molecule has 0 spiro atoms. The normalized spacial score (nSPS) is 24.8. The number of benzene rings is 2. The topological polar surface area (TPSA) is 103 Å². The van der Waals surface area contributed by atoms with Crippen molar-refractivity contribution < 1.29 is 19.1 Å². The highest BCUT2D eigenvalue weighted by atomic mass is 16.6. The molecular formula is C38H49N5O4. The molecule has 3 aromatic rings. The molecule has 0 radical (unpaired) electrons. The van der Waals surface area contributed by atoms with Crippen LogP contribution in [0.5, 0.6) is 5.75 Å². The number of nitrogens with two attached hydrogens (primary N) is 1. The number of anilines is 1. The van der Waals surface area contributed by atoms with Crippen molar-refractivity contribution in [1.82, 2.24) is 14.7 Å². The Hall–Kier alpha value is -3.85. The van der Waals surface area contributed by atoms with Crippen molar-refractivity contribution >= 4 is 17.7 Å². The van der Waals surface area contributed by atoms with E-state index in [2.05, 4.69) is 70.3 Å². The molecule has 1 aromatic heterocycles. The van der Waals surface area contributed by atoms with Gasteiger partial charge in [0.2, 0.25) is 5.91 Å². The molecule has 0 bridgehead atoms. The number of rotatable bonds is 9. The van der Waals surface area contributed by atoms with Gasteiger partial charge in [-0.2, -0.15) is 5.10 Å². The highest BCUT2D eigenvalue weighted by molar-refractivity contribution is 5.95. The smallest absolute Gasteiger partial charge is 0.410 e. The van der Waals surface area contributed by atoms with Crippen molar-refractivity contribution in [2.24, 2.45) is 17.6 Å². The van der Waals surface area contributed by atoms with Gasteiger partial charge in [-0.15, -0.1) is 0 Å². The third-order valence-electron chi connectivity index (χ3n) is 10.9. The lowest BCUT2D eigenvalue weighted by molar-refractivity contribution is -0.124. The predicted octanol–water partition coefficient (Wildman–Crippen LogP) is 6.85. The average Bonchev–Trinajstić information content (AvgIpc) is 3.81. The van der Waals surface area contributed by atoms with Gasteiger partial charge in [0.05, 0.1) is 19.3 Å². The van der Waals surface area contributed by atoms with E-state index in [-0.39, 0.29) is 30.1 Å². The third kappa shape index (κ3) is 7.20. The molecule has 4 fully saturated rings. The Labute approximate surface area is 278 Å². The summed E-state index contributed by atoms with van der Waals surface area (Å²) in [7, 11) is 1.72. The number of carbonyl (C=O) groups excluding carboxylic acids is 2. The molecule has 0 atom stereocenters. The molecule has 2 amide bonds. The first-order valence-electron chi connectivity index (χ1n) is 17.7. The van der Waals surface area contributed by atoms with Crippen LogP contribution in [0, 0.1) is 18.8 Å². The zero-order valence-electron chi connectivity index (χ0n) is 27.9. The molecule has 7 rings (SSSR count). The van der Waals surface area contributed by atoms with Gasteiger partial charge in [-0.25, -0.2) is 4.79 Å². The Balaban J connectivity index is 1.04. The minimum atomic E-state index is -0.273. The van der Waals surface area contributed by atoms with Crippen LogP contribution in [0.15, 0.2) is 54.9 Å². The van der Waals surface area contributed by atoms with Gasteiger partial charge in [0.25, 0.3) is 0 Å². The SMILES string of the molecule is COc1ccc(C2CCC(CN(C(=O)C3CCC(OC(=O)N4CC(N)C4)CC3)c3cccc(-c4cnn(C5CC5)c4)c3)CC2)cc1C. The Morgan fingerprint density at radius 2 is 1.70 bits per heavy atom. The molecule has 47 heavy (non-hydrogen) atoms. The van der Waals surface area contributed by atoms with Gasteiger partial charge in [0.15, 0.2) is 0 Å². The first-order chi connectivity index (χ1) is 22.8. The van der Waals surface area contributed by atoms with E-state index in [4.69, 9.17) is 15.2 Å². The Kier molecular flexibility index (Phi) is 9.26. The van der Waals surface area contributed by atoms with E-state index in [0.29, 0.717) is 43.8 Å². The van der Waals surface area contributed by atoms with Crippen LogP contribution in [-0.4, -0.2) is 65.6 Å². The van der Waals surface area contributed by atoms with Gasteiger partial charge in [-0.05, 0) is 118 Å². The highest BCUT2D eigenvalue weighted by Crippen LogP contribution is 2.40.